The molecule has 0 aromatic rings. The number of piperidine rings is 1. The molecule has 0 aromatic carbocycles. The molecule has 0 aromatic heterocycles. The first-order valence-electron chi connectivity index (χ1n) is 6.29. The van der Waals surface area contributed by atoms with E-state index in [0.717, 1.165) is 25.4 Å². The summed E-state index contributed by atoms with van der Waals surface area (Å²) in [5.41, 5.74) is 0. The van der Waals surface area contributed by atoms with Crippen molar-refractivity contribution >= 4 is 0 Å². The van der Waals surface area contributed by atoms with Crippen molar-refractivity contribution in [2.45, 2.75) is 39.2 Å². The normalized spacial score (nSPS) is 23.6. The standard InChI is InChI=1S/C12H26N2O/c1-11(2)13-6-8-14-7-3-4-12(10-14)5-9-15/h11-13,15H,3-10H2,1-2H3. The molecule has 1 heterocycles. The molecule has 1 saturated heterocycles. The van der Waals surface area contributed by atoms with E-state index in [-0.39, 0.29) is 0 Å². The lowest BCUT2D eigenvalue weighted by Gasteiger charge is -2.32. The highest BCUT2D eigenvalue weighted by atomic mass is 16.3. The molecule has 0 radical (unpaired) electrons. The van der Waals surface area contributed by atoms with E-state index in [1.807, 2.05) is 0 Å². The third kappa shape index (κ3) is 5.50. The molecule has 0 bridgehead atoms. The first-order valence-corrected chi connectivity index (χ1v) is 6.29. The van der Waals surface area contributed by atoms with Crippen molar-refractivity contribution in [3.05, 3.63) is 0 Å². The quantitative estimate of drug-likeness (QED) is 0.694. The Balaban J connectivity index is 2.12. The Bertz CT molecular complexity index is 160. The van der Waals surface area contributed by atoms with Gasteiger partial charge in [0.1, 0.15) is 0 Å². The Labute approximate surface area is 93.9 Å². The summed E-state index contributed by atoms with van der Waals surface area (Å²) in [7, 11) is 0. The van der Waals surface area contributed by atoms with Crippen LogP contribution in [0.3, 0.4) is 0 Å². The van der Waals surface area contributed by atoms with Crippen LogP contribution in [0.1, 0.15) is 33.1 Å². The van der Waals surface area contributed by atoms with Gasteiger partial charge in [0, 0.05) is 32.3 Å². The van der Waals surface area contributed by atoms with Crippen LogP contribution in [0, 0.1) is 5.92 Å². The van der Waals surface area contributed by atoms with Gasteiger partial charge in [0.25, 0.3) is 0 Å². The molecule has 0 saturated carbocycles. The maximum absolute atomic E-state index is 8.92. The zero-order chi connectivity index (χ0) is 11.1. The van der Waals surface area contributed by atoms with E-state index in [2.05, 4.69) is 24.1 Å². The van der Waals surface area contributed by atoms with Gasteiger partial charge in [-0.05, 0) is 31.7 Å². The summed E-state index contributed by atoms with van der Waals surface area (Å²) >= 11 is 0. The number of likely N-dealkylation sites (tertiary alicyclic amines) is 1. The van der Waals surface area contributed by atoms with Gasteiger partial charge in [-0.3, -0.25) is 0 Å². The minimum atomic E-state index is 0.350. The lowest BCUT2D eigenvalue weighted by Crippen LogP contribution is -2.40. The average molecular weight is 214 g/mol. The summed E-state index contributed by atoms with van der Waals surface area (Å²) in [4.78, 5) is 2.53. The Hall–Kier alpha value is -0.120. The van der Waals surface area contributed by atoms with Gasteiger partial charge >= 0.3 is 0 Å². The molecule has 2 N–H and O–H groups in total. The van der Waals surface area contributed by atoms with Crippen molar-refractivity contribution in [3.63, 3.8) is 0 Å². The van der Waals surface area contributed by atoms with Gasteiger partial charge in [0.2, 0.25) is 0 Å². The minimum absolute atomic E-state index is 0.350. The number of nitrogens with one attached hydrogen (secondary N) is 1. The summed E-state index contributed by atoms with van der Waals surface area (Å²) in [5.74, 6) is 0.725. The van der Waals surface area contributed by atoms with Gasteiger partial charge in [-0.25, -0.2) is 0 Å². The molecule has 15 heavy (non-hydrogen) atoms. The number of rotatable bonds is 6. The van der Waals surface area contributed by atoms with Crippen LogP contribution in [-0.2, 0) is 0 Å². The number of aliphatic hydroxyl groups is 1. The second kappa shape index (κ2) is 7.20. The van der Waals surface area contributed by atoms with Gasteiger partial charge in [-0.2, -0.15) is 0 Å². The van der Waals surface area contributed by atoms with Crippen molar-refractivity contribution in [2.24, 2.45) is 5.92 Å². The molecule has 90 valence electrons. The Morgan fingerprint density at radius 1 is 1.47 bits per heavy atom. The summed E-state index contributed by atoms with van der Waals surface area (Å²) in [6, 6.07) is 0.586. The van der Waals surface area contributed by atoms with Crippen LogP contribution in [0.5, 0.6) is 0 Å². The first kappa shape index (κ1) is 12.9. The number of nitrogens with zero attached hydrogens (tertiary/aromatic N) is 1. The Kier molecular flexibility index (Phi) is 6.22. The van der Waals surface area contributed by atoms with Crippen LogP contribution in [0.25, 0.3) is 0 Å². The highest BCUT2D eigenvalue weighted by Crippen LogP contribution is 2.18. The summed E-state index contributed by atoms with van der Waals surface area (Å²) in [6.07, 6.45) is 3.58. The van der Waals surface area contributed by atoms with Crippen LogP contribution in [0.4, 0.5) is 0 Å². The molecular formula is C12H26N2O. The van der Waals surface area contributed by atoms with Gasteiger partial charge in [-0.1, -0.05) is 13.8 Å². The molecule has 0 spiro atoms. The van der Waals surface area contributed by atoms with Crippen LogP contribution in [0.15, 0.2) is 0 Å². The van der Waals surface area contributed by atoms with Gasteiger partial charge in [0.05, 0.1) is 0 Å². The Morgan fingerprint density at radius 2 is 2.27 bits per heavy atom. The smallest absolute Gasteiger partial charge is 0.0434 e. The largest absolute Gasteiger partial charge is 0.396 e. The van der Waals surface area contributed by atoms with E-state index >= 15 is 0 Å². The van der Waals surface area contributed by atoms with Crippen LogP contribution in [-0.4, -0.2) is 48.8 Å². The molecule has 0 amide bonds. The SMILES string of the molecule is CC(C)NCCN1CCCC(CCO)C1. The molecule has 0 aliphatic carbocycles. The van der Waals surface area contributed by atoms with Crippen LogP contribution in [0.2, 0.25) is 0 Å². The molecule has 1 aliphatic rings. The predicted molar refractivity (Wildman–Crippen MR) is 64.0 cm³/mol. The van der Waals surface area contributed by atoms with E-state index < -0.39 is 0 Å². The average Bonchev–Trinajstić information content (AvgIpc) is 2.18. The van der Waals surface area contributed by atoms with Crippen molar-refractivity contribution in [1.82, 2.24) is 10.2 Å². The number of hydrogen-bond donors (Lipinski definition) is 2. The molecule has 1 atom stereocenters. The van der Waals surface area contributed by atoms with Gasteiger partial charge in [-0.15, -0.1) is 0 Å². The maximum atomic E-state index is 8.92. The molecule has 1 rings (SSSR count). The monoisotopic (exact) mass is 214 g/mol. The number of hydrogen-bond acceptors (Lipinski definition) is 3. The fraction of sp³-hybridized carbons (Fsp3) is 1.00. The third-order valence-corrected chi connectivity index (χ3v) is 3.12. The van der Waals surface area contributed by atoms with Gasteiger partial charge in [0.15, 0.2) is 0 Å². The van der Waals surface area contributed by atoms with Crippen LogP contribution >= 0.6 is 0 Å². The van der Waals surface area contributed by atoms with Crippen LogP contribution < -0.4 is 5.32 Å². The topological polar surface area (TPSA) is 35.5 Å². The van der Waals surface area contributed by atoms with E-state index in [9.17, 15) is 0 Å². The first-order chi connectivity index (χ1) is 7.22. The lowest BCUT2D eigenvalue weighted by molar-refractivity contribution is 0.148. The van der Waals surface area contributed by atoms with E-state index in [1.54, 1.807) is 0 Å². The summed E-state index contributed by atoms with van der Waals surface area (Å²) in [5, 5.41) is 12.4. The molecular weight excluding hydrogens is 188 g/mol. The molecule has 3 nitrogen and oxygen atoms in total. The summed E-state index contributed by atoms with van der Waals surface area (Å²) in [6.45, 7) is 9.38. The molecule has 1 fully saturated rings. The van der Waals surface area contributed by atoms with Crippen molar-refractivity contribution in [1.29, 1.82) is 0 Å². The fourth-order valence-electron chi connectivity index (χ4n) is 2.28. The van der Waals surface area contributed by atoms with E-state index in [4.69, 9.17) is 5.11 Å². The molecule has 1 aliphatic heterocycles. The van der Waals surface area contributed by atoms with E-state index in [0.29, 0.717) is 12.6 Å². The maximum Gasteiger partial charge on any atom is 0.0434 e. The predicted octanol–water partition coefficient (Wildman–Crippen LogP) is 1.08. The molecule has 3 heteroatoms. The zero-order valence-corrected chi connectivity index (χ0v) is 10.2. The van der Waals surface area contributed by atoms with Gasteiger partial charge < -0.3 is 15.3 Å². The van der Waals surface area contributed by atoms with E-state index in [1.165, 1.54) is 25.9 Å². The third-order valence-electron chi connectivity index (χ3n) is 3.12. The zero-order valence-electron chi connectivity index (χ0n) is 10.2. The Morgan fingerprint density at radius 3 is 2.93 bits per heavy atom. The second-order valence-electron chi connectivity index (χ2n) is 4.93. The van der Waals surface area contributed by atoms with Crippen molar-refractivity contribution in [2.75, 3.05) is 32.8 Å². The lowest BCUT2D eigenvalue weighted by atomic mass is 9.95. The highest BCUT2D eigenvalue weighted by Gasteiger charge is 2.18. The number of aliphatic hydroxyl groups excluding tert-OH is 1. The van der Waals surface area contributed by atoms with Crippen molar-refractivity contribution in [3.8, 4) is 0 Å². The minimum Gasteiger partial charge on any atom is -0.396 e. The fourth-order valence-corrected chi connectivity index (χ4v) is 2.28. The second-order valence-corrected chi connectivity index (χ2v) is 4.93. The molecule has 1 unspecified atom stereocenters. The highest BCUT2D eigenvalue weighted by molar-refractivity contribution is 4.73. The van der Waals surface area contributed by atoms with Crippen molar-refractivity contribution < 1.29 is 5.11 Å². The summed E-state index contributed by atoms with van der Waals surface area (Å²) < 4.78 is 0.